The summed E-state index contributed by atoms with van der Waals surface area (Å²) in [6.07, 6.45) is 1.78. The zero-order valence-electron chi connectivity index (χ0n) is 17.1. The number of hydrogen-bond donors (Lipinski definition) is 2. The molecule has 0 saturated heterocycles. The quantitative estimate of drug-likeness (QED) is 0.295. The molecule has 0 heterocycles. The maximum Gasteiger partial charge on any atom is 0.191 e. The Labute approximate surface area is 191 Å². The number of ether oxygens (including phenoxy) is 1. The Bertz CT molecular complexity index is 874. The highest BCUT2D eigenvalue weighted by Gasteiger charge is 2.09. The number of guanidine groups is 1. The number of sulfone groups is 1. The van der Waals surface area contributed by atoms with E-state index in [1.807, 2.05) is 55.5 Å². The van der Waals surface area contributed by atoms with Crippen LogP contribution in [0.5, 0.6) is 5.75 Å². The molecule has 8 heteroatoms. The van der Waals surface area contributed by atoms with Gasteiger partial charge in [-0.15, -0.1) is 24.0 Å². The summed E-state index contributed by atoms with van der Waals surface area (Å²) in [7, 11) is -1.26. The molecule has 0 amide bonds. The number of halogens is 1. The van der Waals surface area contributed by atoms with Crippen LogP contribution in [0.2, 0.25) is 0 Å². The molecule has 2 aromatic rings. The van der Waals surface area contributed by atoms with Crippen molar-refractivity contribution >= 4 is 39.8 Å². The standard InChI is InChI=1S/C21H29N3O3S.HI/c1-17(12-13-28(3,25)26)24-21(22-2)23-15-18-8-7-9-19(14-18)16-27-20-10-5-4-6-11-20;/h4-11,14,17H,12-13,15-16H2,1-3H3,(H2,22,23,24);1H. The molecule has 0 saturated carbocycles. The van der Waals surface area contributed by atoms with Crippen LogP contribution in [0.4, 0.5) is 0 Å². The van der Waals surface area contributed by atoms with Crippen LogP contribution in [0.25, 0.3) is 0 Å². The van der Waals surface area contributed by atoms with E-state index in [4.69, 9.17) is 4.74 Å². The summed E-state index contributed by atoms with van der Waals surface area (Å²) in [6.45, 7) is 3.06. The lowest BCUT2D eigenvalue weighted by atomic mass is 10.1. The molecule has 6 nitrogen and oxygen atoms in total. The smallest absolute Gasteiger partial charge is 0.191 e. The maximum atomic E-state index is 11.3. The first kappa shape index (κ1) is 25.2. The minimum atomic E-state index is -2.96. The normalized spacial score (nSPS) is 12.6. The highest BCUT2D eigenvalue weighted by Crippen LogP contribution is 2.12. The summed E-state index contributed by atoms with van der Waals surface area (Å²) in [5, 5.41) is 6.48. The Morgan fingerprint density at radius 1 is 1.10 bits per heavy atom. The maximum absolute atomic E-state index is 11.3. The monoisotopic (exact) mass is 531 g/mol. The van der Waals surface area contributed by atoms with Crippen LogP contribution in [0.1, 0.15) is 24.5 Å². The van der Waals surface area contributed by atoms with Gasteiger partial charge in [0.1, 0.15) is 22.2 Å². The third-order valence-corrected chi connectivity index (χ3v) is 5.11. The van der Waals surface area contributed by atoms with E-state index in [2.05, 4.69) is 21.7 Å². The highest BCUT2D eigenvalue weighted by atomic mass is 127. The highest BCUT2D eigenvalue weighted by molar-refractivity contribution is 14.0. The molecule has 1 unspecified atom stereocenters. The number of aliphatic imine (C=N–C) groups is 1. The van der Waals surface area contributed by atoms with E-state index < -0.39 is 9.84 Å². The van der Waals surface area contributed by atoms with Crippen LogP contribution >= 0.6 is 24.0 Å². The van der Waals surface area contributed by atoms with Crippen LogP contribution < -0.4 is 15.4 Å². The van der Waals surface area contributed by atoms with Gasteiger partial charge in [0.15, 0.2) is 5.96 Å². The topological polar surface area (TPSA) is 79.8 Å². The van der Waals surface area contributed by atoms with Crippen molar-refractivity contribution < 1.29 is 13.2 Å². The number of hydrogen-bond acceptors (Lipinski definition) is 4. The fourth-order valence-corrected chi connectivity index (χ4v) is 3.37. The molecular formula is C21H30IN3O3S. The van der Waals surface area contributed by atoms with Crippen molar-refractivity contribution in [3.05, 3.63) is 65.7 Å². The van der Waals surface area contributed by atoms with Crippen molar-refractivity contribution in [2.75, 3.05) is 19.1 Å². The Morgan fingerprint density at radius 2 is 1.79 bits per heavy atom. The molecule has 0 aliphatic rings. The third kappa shape index (κ3) is 10.5. The van der Waals surface area contributed by atoms with Gasteiger partial charge in [-0.1, -0.05) is 42.5 Å². The van der Waals surface area contributed by atoms with Gasteiger partial charge in [0.25, 0.3) is 0 Å². The molecule has 0 aromatic heterocycles. The summed E-state index contributed by atoms with van der Waals surface area (Å²) in [5.41, 5.74) is 2.20. The van der Waals surface area contributed by atoms with Gasteiger partial charge in [-0.2, -0.15) is 0 Å². The Balaban J connectivity index is 0.00000420. The minimum Gasteiger partial charge on any atom is -0.489 e. The van der Waals surface area contributed by atoms with Gasteiger partial charge in [0.2, 0.25) is 0 Å². The molecule has 0 spiro atoms. The van der Waals surface area contributed by atoms with Crippen LogP contribution in [0, 0.1) is 0 Å². The van der Waals surface area contributed by atoms with Gasteiger partial charge in [0.05, 0.1) is 5.75 Å². The van der Waals surface area contributed by atoms with Crippen molar-refractivity contribution in [1.29, 1.82) is 0 Å². The van der Waals surface area contributed by atoms with Crippen molar-refractivity contribution in [3.63, 3.8) is 0 Å². The predicted octanol–water partition coefficient (Wildman–Crippen LogP) is 3.37. The van der Waals surface area contributed by atoms with Crippen LogP contribution in [0.15, 0.2) is 59.6 Å². The number of nitrogens with one attached hydrogen (secondary N) is 2. The summed E-state index contributed by atoms with van der Waals surface area (Å²) < 4.78 is 28.4. The summed E-state index contributed by atoms with van der Waals surface area (Å²) in [5.74, 6) is 1.65. The first-order chi connectivity index (χ1) is 13.4. The largest absolute Gasteiger partial charge is 0.489 e. The lowest BCUT2D eigenvalue weighted by molar-refractivity contribution is 0.306. The molecule has 0 radical (unpaired) electrons. The second-order valence-electron chi connectivity index (χ2n) is 6.81. The van der Waals surface area contributed by atoms with Crippen LogP contribution in [-0.4, -0.2) is 39.5 Å². The predicted molar refractivity (Wildman–Crippen MR) is 130 cm³/mol. The van der Waals surface area contributed by atoms with Crippen molar-refractivity contribution in [3.8, 4) is 5.75 Å². The van der Waals surface area contributed by atoms with Crippen molar-refractivity contribution in [2.45, 2.75) is 32.5 Å². The molecule has 160 valence electrons. The van der Waals surface area contributed by atoms with E-state index in [-0.39, 0.29) is 35.8 Å². The average Bonchev–Trinajstić information content (AvgIpc) is 2.68. The zero-order valence-corrected chi connectivity index (χ0v) is 20.2. The van der Waals surface area contributed by atoms with Gasteiger partial charge in [-0.05, 0) is 36.6 Å². The number of para-hydroxylation sites is 1. The summed E-state index contributed by atoms with van der Waals surface area (Å²) in [4.78, 5) is 4.21. The van der Waals surface area contributed by atoms with E-state index in [1.54, 1.807) is 7.05 Å². The fourth-order valence-electron chi connectivity index (χ4n) is 2.59. The molecule has 29 heavy (non-hydrogen) atoms. The molecule has 1 atom stereocenters. The van der Waals surface area contributed by atoms with E-state index in [0.29, 0.717) is 25.5 Å². The van der Waals surface area contributed by atoms with Crippen LogP contribution in [-0.2, 0) is 23.0 Å². The molecular weight excluding hydrogens is 501 g/mol. The Morgan fingerprint density at radius 3 is 2.45 bits per heavy atom. The number of benzene rings is 2. The minimum absolute atomic E-state index is 0. The Kier molecular flexibility index (Phi) is 11.0. The first-order valence-electron chi connectivity index (χ1n) is 9.26. The molecule has 0 fully saturated rings. The summed E-state index contributed by atoms with van der Waals surface area (Å²) in [6, 6.07) is 17.9. The second-order valence-corrected chi connectivity index (χ2v) is 9.07. The number of rotatable bonds is 9. The van der Waals surface area contributed by atoms with E-state index in [1.165, 1.54) is 6.26 Å². The summed E-state index contributed by atoms with van der Waals surface area (Å²) >= 11 is 0. The zero-order chi connectivity index (χ0) is 20.4. The lowest BCUT2D eigenvalue weighted by Gasteiger charge is -2.18. The van der Waals surface area contributed by atoms with Gasteiger partial charge in [-0.25, -0.2) is 8.42 Å². The molecule has 2 aromatic carbocycles. The van der Waals surface area contributed by atoms with E-state index in [9.17, 15) is 8.42 Å². The molecule has 2 rings (SSSR count). The second kappa shape index (κ2) is 12.7. The Hall–Kier alpha value is -1.81. The number of nitrogens with zero attached hydrogens (tertiary/aromatic N) is 1. The first-order valence-corrected chi connectivity index (χ1v) is 11.3. The van der Waals surface area contributed by atoms with Gasteiger partial charge in [0, 0.05) is 25.9 Å². The van der Waals surface area contributed by atoms with Gasteiger partial charge >= 0.3 is 0 Å². The van der Waals surface area contributed by atoms with Crippen molar-refractivity contribution in [2.24, 2.45) is 4.99 Å². The molecule has 0 aliphatic carbocycles. The fraction of sp³-hybridized carbons (Fsp3) is 0.381. The van der Waals surface area contributed by atoms with E-state index in [0.717, 1.165) is 16.9 Å². The van der Waals surface area contributed by atoms with Crippen molar-refractivity contribution in [1.82, 2.24) is 10.6 Å². The van der Waals surface area contributed by atoms with Gasteiger partial charge < -0.3 is 15.4 Å². The van der Waals surface area contributed by atoms with E-state index >= 15 is 0 Å². The molecule has 0 aliphatic heterocycles. The van der Waals surface area contributed by atoms with Gasteiger partial charge in [-0.3, -0.25) is 4.99 Å². The average molecular weight is 531 g/mol. The third-order valence-electron chi connectivity index (χ3n) is 4.13. The molecule has 0 bridgehead atoms. The SMILES string of the molecule is CN=C(NCc1cccc(COc2ccccc2)c1)NC(C)CCS(C)(=O)=O.I. The van der Waals surface area contributed by atoms with Crippen LogP contribution in [0.3, 0.4) is 0 Å². The molecule has 2 N–H and O–H groups in total. The lowest BCUT2D eigenvalue weighted by Crippen LogP contribution is -2.42.